The van der Waals surface area contributed by atoms with Crippen LogP contribution < -0.4 is 5.73 Å². The highest BCUT2D eigenvalue weighted by molar-refractivity contribution is 6.31. The quantitative estimate of drug-likeness (QED) is 0.907. The van der Waals surface area contributed by atoms with Crippen molar-refractivity contribution in [3.8, 4) is 0 Å². The third kappa shape index (κ3) is 3.60. The Balaban J connectivity index is 2.17. The van der Waals surface area contributed by atoms with Gasteiger partial charge in [0.15, 0.2) is 0 Å². The van der Waals surface area contributed by atoms with Crippen LogP contribution in [0.1, 0.15) is 22.7 Å². The minimum Gasteiger partial charge on any atom is -0.329 e. The van der Waals surface area contributed by atoms with E-state index in [1.165, 1.54) is 11.1 Å². The first-order valence-corrected chi connectivity index (χ1v) is 7.20. The molecule has 2 rings (SSSR count). The highest BCUT2D eigenvalue weighted by atomic mass is 35.5. The molecule has 0 bridgehead atoms. The Morgan fingerprint density at radius 3 is 2.55 bits per heavy atom. The van der Waals surface area contributed by atoms with Gasteiger partial charge in [0.05, 0.1) is 0 Å². The summed E-state index contributed by atoms with van der Waals surface area (Å²) in [4.78, 5) is 2.25. The lowest BCUT2D eigenvalue weighted by Gasteiger charge is -2.28. The fraction of sp³-hybridized carbons (Fsp3) is 0.294. The first kappa shape index (κ1) is 15.0. The fourth-order valence-electron chi connectivity index (χ4n) is 2.45. The highest BCUT2D eigenvalue weighted by Crippen LogP contribution is 2.23. The van der Waals surface area contributed by atoms with Gasteiger partial charge in [0.1, 0.15) is 0 Å². The van der Waals surface area contributed by atoms with Gasteiger partial charge in [-0.25, -0.2) is 0 Å². The molecule has 2 nitrogen and oxygen atoms in total. The molecule has 0 amide bonds. The smallest absolute Gasteiger partial charge is 0.0471 e. The SMILES string of the molecule is Cc1cccc(C(CN)N(C)Cc2ccccc2Cl)c1. The fourth-order valence-corrected chi connectivity index (χ4v) is 2.65. The van der Waals surface area contributed by atoms with Crippen molar-refractivity contribution in [2.75, 3.05) is 13.6 Å². The van der Waals surface area contributed by atoms with E-state index in [0.29, 0.717) is 6.54 Å². The van der Waals surface area contributed by atoms with Crippen LogP contribution in [0.15, 0.2) is 48.5 Å². The summed E-state index contributed by atoms with van der Waals surface area (Å²) in [5.74, 6) is 0. The van der Waals surface area contributed by atoms with Crippen LogP contribution in [0.3, 0.4) is 0 Å². The zero-order valence-electron chi connectivity index (χ0n) is 12.0. The summed E-state index contributed by atoms with van der Waals surface area (Å²) >= 11 is 6.23. The maximum Gasteiger partial charge on any atom is 0.0471 e. The summed E-state index contributed by atoms with van der Waals surface area (Å²) in [6.07, 6.45) is 0. The van der Waals surface area contributed by atoms with E-state index < -0.39 is 0 Å². The second kappa shape index (κ2) is 6.89. The Hall–Kier alpha value is -1.35. The number of rotatable bonds is 5. The number of nitrogens with two attached hydrogens (primary N) is 1. The van der Waals surface area contributed by atoms with Gasteiger partial charge in [-0.1, -0.05) is 59.6 Å². The van der Waals surface area contributed by atoms with E-state index in [0.717, 1.165) is 17.1 Å². The van der Waals surface area contributed by atoms with Crippen LogP contribution in [0, 0.1) is 6.92 Å². The van der Waals surface area contributed by atoms with Crippen molar-refractivity contribution in [2.24, 2.45) is 5.73 Å². The molecule has 2 N–H and O–H groups in total. The van der Waals surface area contributed by atoms with Crippen LogP contribution in [0.2, 0.25) is 5.02 Å². The molecule has 0 heterocycles. The summed E-state index contributed by atoms with van der Waals surface area (Å²) in [5, 5.41) is 0.805. The van der Waals surface area contributed by atoms with Crippen LogP contribution in [0.5, 0.6) is 0 Å². The molecule has 0 fully saturated rings. The lowest BCUT2D eigenvalue weighted by atomic mass is 10.0. The van der Waals surface area contributed by atoms with Crippen molar-refractivity contribution in [1.82, 2.24) is 4.90 Å². The van der Waals surface area contributed by atoms with Crippen molar-refractivity contribution in [1.29, 1.82) is 0 Å². The van der Waals surface area contributed by atoms with Crippen LogP contribution in [-0.2, 0) is 6.54 Å². The average molecular weight is 289 g/mol. The predicted molar refractivity (Wildman–Crippen MR) is 85.9 cm³/mol. The molecule has 0 radical (unpaired) electrons. The maximum atomic E-state index is 6.23. The van der Waals surface area contributed by atoms with Gasteiger partial charge >= 0.3 is 0 Å². The summed E-state index contributed by atoms with van der Waals surface area (Å²) in [6, 6.07) is 16.7. The monoisotopic (exact) mass is 288 g/mol. The average Bonchev–Trinajstić information content (AvgIpc) is 2.42. The normalized spacial score (nSPS) is 12.7. The molecule has 106 valence electrons. The number of aryl methyl sites for hydroxylation is 1. The molecule has 1 atom stereocenters. The van der Waals surface area contributed by atoms with Crippen molar-refractivity contribution < 1.29 is 0 Å². The van der Waals surface area contributed by atoms with Gasteiger partial charge in [-0.05, 0) is 31.2 Å². The van der Waals surface area contributed by atoms with Crippen molar-refractivity contribution >= 4 is 11.6 Å². The lowest BCUT2D eigenvalue weighted by Crippen LogP contribution is -2.30. The molecule has 0 aliphatic carbocycles. The zero-order valence-corrected chi connectivity index (χ0v) is 12.8. The molecule has 0 aliphatic rings. The lowest BCUT2D eigenvalue weighted by molar-refractivity contribution is 0.242. The maximum absolute atomic E-state index is 6.23. The van der Waals surface area contributed by atoms with Gasteiger partial charge in [-0.15, -0.1) is 0 Å². The van der Waals surface area contributed by atoms with Crippen LogP contribution >= 0.6 is 11.6 Å². The van der Waals surface area contributed by atoms with Crippen molar-refractivity contribution in [2.45, 2.75) is 19.5 Å². The Labute approximate surface area is 126 Å². The second-order valence-electron chi connectivity index (χ2n) is 5.17. The third-order valence-corrected chi connectivity index (χ3v) is 3.93. The molecule has 20 heavy (non-hydrogen) atoms. The van der Waals surface area contributed by atoms with Crippen molar-refractivity contribution in [3.63, 3.8) is 0 Å². The van der Waals surface area contributed by atoms with Gasteiger partial charge in [0.2, 0.25) is 0 Å². The number of likely N-dealkylation sites (N-methyl/N-ethyl adjacent to an activating group) is 1. The molecule has 1 unspecified atom stereocenters. The van der Waals surface area contributed by atoms with Gasteiger partial charge in [-0.3, -0.25) is 4.90 Å². The molecule has 0 saturated heterocycles. The van der Waals surface area contributed by atoms with E-state index in [1.54, 1.807) is 0 Å². The first-order valence-electron chi connectivity index (χ1n) is 6.82. The molecule has 0 aliphatic heterocycles. The number of hydrogen-bond acceptors (Lipinski definition) is 2. The van der Waals surface area contributed by atoms with E-state index in [2.05, 4.69) is 49.2 Å². The van der Waals surface area contributed by atoms with Crippen LogP contribution in [-0.4, -0.2) is 18.5 Å². The Kier molecular flexibility index (Phi) is 5.18. The van der Waals surface area contributed by atoms with E-state index in [1.807, 2.05) is 18.2 Å². The zero-order chi connectivity index (χ0) is 14.5. The molecular weight excluding hydrogens is 268 g/mol. The van der Waals surface area contributed by atoms with Gasteiger partial charge in [-0.2, -0.15) is 0 Å². The Bertz CT molecular complexity index is 568. The van der Waals surface area contributed by atoms with E-state index in [9.17, 15) is 0 Å². The van der Waals surface area contributed by atoms with Crippen LogP contribution in [0.25, 0.3) is 0 Å². The first-order chi connectivity index (χ1) is 9.61. The second-order valence-corrected chi connectivity index (χ2v) is 5.58. The molecule has 2 aromatic rings. The molecule has 0 spiro atoms. The summed E-state index contributed by atoms with van der Waals surface area (Å²) in [5.41, 5.74) is 9.61. The topological polar surface area (TPSA) is 29.3 Å². The molecule has 2 aromatic carbocycles. The summed E-state index contributed by atoms with van der Waals surface area (Å²) in [6.45, 7) is 3.48. The number of nitrogens with zero attached hydrogens (tertiary/aromatic N) is 1. The third-order valence-electron chi connectivity index (χ3n) is 3.56. The highest BCUT2D eigenvalue weighted by Gasteiger charge is 2.16. The standard InChI is InChI=1S/C17H21ClN2/c1-13-6-5-8-14(10-13)17(11-19)20(2)12-15-7-3-4-9-16(15)18/h3-10,17H,11-12,19H2,1-2H3. The van der Waals surface area contributed by atoms with Crippen LogP contribution in [0.4, 0.5) is 0 Å². The molecule has 0 saturated carbocycles. The minimum absolute atomic E-state index is 0.200. The van der Waals surface area contributed by atoms with E-state index >= 15 is 0 Å². The molecule has 0 aromatic heterocycles. The number of halogens is 1. The number of benzene rings is 2. The van der Waals surface area contributed by atoms with Gasteiger partial charge < -0.3 is 5.73 Å². The predicted octanol–water partition coefficient (Wildman–Crippen LogP) is 3.78. The molecule has 3 heteroatoms. The van der Waals surface area contributed by atoms with Crippen molar-refractivity contribution in [3.05, 3.63) is 70.2 Å². The Morgan fingerprint density at radius 1 is 1.15 bits per heavy atom. The molecular formula is C17H21ClN2. The Morgan fingerprint density at radius 2 is 1.90 bits per heavy atom. The summed E-state index contributed by atoms with van der Waals surface area (Å²) < 4.78 is 0. The summed E-state index contributed by atoms with van der Waals surface area (Å²) in [7, 11) is 2.09. The van der Waals surface area contributed by atoms with E-state index in [-0.39, 0.29) is 6.04 Å². The minimum atomic E-state index is 0.200. The van der Waals surface area contributed by atoms with E-state index in [4.69, 9.17) is 17.3 Å². The largest absolute Gasteiger partial charge is 0.329 e. The van der Waals surface area contributed by atoms with Gasteiger partial charge in [0.25, 0.3) is 0 Å². The van der Waals surface area contributed by atoms with Gasteiger partial charge in [0, 0.05) is 24.2 Å². The number of hydrogen-bond donors (Lipinski definition) is 1.